The van der Waals surface area contributed by atoms with E-state index in [4.69, 9.17) is 10.5 Å². The standard InChI is InChI=1S/C15H19N3O/c1-4-11-5-6-14(19-3)12(8-11)13-7-10(2)17-15(9-16)18-13/h5-8H,4,9,16H2,1-3H3. The molecule has 1 heterocycles. The lowest BCUT2D eigenvalue weighted by molar-refractivity contribution is 0.416. The van der Waals surface area contributed by atoms with Crippen LogP contribution in [0.5, 0.6) is 5.75 Å². The second-order valence-electron chi connectivity index (χ2n) is 4.40. The molecule has 0 unspecified atom stereocenters. The van der Waals surface area contributed by atoms with Crippen LogP contribution in [-0.2, 0) is 13.0 Å². The number of hydrogen-bond acceptors (Lipinski definition) is 4. The van der Waals surface area contributed by atoms with Gasteiger partial charge in [0.1, 0.15) is 11.6 Å². The van der Waals surface area contributed by atoms with E-state index >= 15 is 0 Å². The third-order valence-corrected chi connectivity index (χ3v) is 3.03. The number of rotatable bonds is 4. The Bertz CT molecular complexity index is 582. The number of aromatic nitrogens is 2. The number of nitrogens with two attached hydrogens (primary N) is 1. The van der Waals surface area contributed by atoms with Gasteiger partial charge in [-0.15, -0.1) is 0 Å². The first-order valence-corrected chi connectivity index (χ1v) is 6.39. The maximum atomic E-state index is 5.64. The van der Waals surface area contributed by atoms with Gasteiger partial charge in [0, 0.05) is 11.3 Å². The van der Waals surface area contributed by atoms with Gasteiger partial charge in [0.2, 0.25) is 0 Å². The fourth-order valence-corrected chi connectivity index (χ4v) is 2.03. The summed E-state index contributed by atoms with van der Waals surface area (Å²) in [6, 6.07) is 8.12. The second kappa shape index (κ2) is 5.80. The molecule has 2 N–H and O–H groups in total. The molecule has 19 heavy (non-hydrogen) atoms. The maximum absolute atomic E-state index is 5.64. The average Bonchev–Trinajstić information content (AvgIpc) is 2.45. The number of methoxy groups -OCH3 is 1. The summed E-state index contributed by atoms with van der Waals surface area (Å²) in [4.78, 5) is 8.79. The molecule has 0 bridgehead atoms. The Morgan fingerprint density at radius 1 is 1.21 bits per heavy atom. The zero-order chi connectivity index (χ0) is 13.8. The highest BCUT2D eigenvalue weighted by molar-refractivity contribution is 5.68. The maximum Gasteiger partial charge on any atom is 0.142 e. The zero-order valence-electron chi connectivity index (χ0n) is 11.6. The lowest BCUT2D eigenvalue weighted by Gasteiger charge is -2.11. The summed E-state index contributed by atoms with van der Waals surface area (Å²) in [6.07, 6.45) is 0.977. The molecule has 2 rings (SSSR count). The van der Waals surface area contributed by atoms with Crippen molar-refractivity contribution in [3.63, 3.8) is 0 Å². The average molecular weight is 257 g/mol. The number of hydrogen-bond donors (Lipinski definition) is 1. The molecular formula is C15H19N3O. The lowest BCUT2D eigenvalue weighted by atomic mass is 10.0. The minimum Gasteiger partial charge on any atom is -0.496 e. The van der Waals surface area contributed by atoms with E-state index in [-0.39, 0.29) is 0 Å². The van der Waals surface area contributed by atoms with Gasteiger partial charge in [-0.05, 0) is 37.1 Å². The first kappa shape index (κ1) is 13.5. The van der Waals surface area contributed by atoms with Crippen LogP contribution < -0.4 is 10.5 Å². The Labute approximate surface area is 113 Å². The first-order valence-electron chi connectivity index (χ1n) is 6.39. The van der Waals surface area contributed by atoms with Crippen LogP contribution in [0, 0.1) is 6.92 Å². The van der Waals surface area contributed by atoms with E-state index in [1.54, 1.807) is 7.11 Å². The van der Waals surface area contributed by atoms with Crippen molar-refractivity contribution in [3.8, 4) is 17.0 Å². The van der Waals surface area contributed by atoms with Crippen LogP contribution >= 0.6 is 0 Å². The van der Waals surface area contributed by atoms with Gasteiger partial charge >= 0.3 is 0 Å². The van der Waals surface area contributed by atoms with Gasteiger partial charge in [-0.25, -0.2) is 9.97 Å². The number of nitrogens with zero attached hydrogens (tertiary/aromatic N) is 2. The topological polar surface area (TPSA) is 61.0 Å². The van der Waals surface area contributed by atoms with E-state index in [0.29, 0.717) is 12.4 Å². The molecule has 2 aromatic rings. The van der Waals surface area contributed by atoms with Crippen molar-refractivity contribution in [1.29, 1.82) is 0 Å². The molecule has 0 aliphatic heterocycles. The summed E-state index contributed by atoms with van der Waals surface area (Å²) in [6.45, 7) is 4.41. The quantitative estimate of drug-likeness (QED) is 0.914. The van der Waals surface area contributed by atoms with Crippen molar-refractivity contribution in [1.82, 2.24) is 9.97 Å². The Hall–Kier alpha value is -1.94. The molecule has 4 nitrogen and oxygen atoms in total. The fraction of sp³-hybridized carbons (Fsp3) is 0.333. The normalized spacial score (nSPS) is 10.5. The Morgan fingerprint density at radius 2 is 2.00 bits per heavy atom. The Morgan fingerprint density at radius 3 is 2.63 bits per heavy atom. The summed E-state index contributed by atoms with van der Waals surface area (Å²) >= 11 is 0. The third-order valence-electron chi connectivity index (χ3n) is 3.03. The Kier molecular flexibility index (Phi) is 4.12. The summed E-state index contributed by atoms with van der Waals surface area (Å²) in [5.74, 6) is 1.47. The van der Waals surface area contributed by atoms with E-state index < -0.39 is 0 Å². The van der Waals surface area contributed by atoms with Gasteiger partial charge in [-0.2, -0.15) is 0 Å². The van der Waals surface area contributed by atoms with Gasteiger partial charge in [0.05, 0.1) is 19.3 Å². The first-order chi connectivity index (χ1) is 9.17. The molecule has 0 aliphatic rings. The van der Waals surface area contributed by atoms with Gasteiger partial charge in [-0.3, -0.25) is 0 Å². The van der Waals surface area contributed by atoms with E-state index in [9.17, 15) is 0 Å². The van der Waals surface area contributed by atoms with Crippen molar-refractivity contribution in [2.45, 2.75) is 26.8 Å². The van der Waals surface area contributed by atoms with Gasteiger partial charge < -0.3 is 10.5 Å². The van der Waals surface area contributed by atoms with E-state index in [1.165, 1.54) is 5.56 Å². The predicted molar refractivity (Wildman–Crippen MR) is 76.0 cm³/mol. The third kappa shape index (κ3) is 2.90. The number of benzene rings is 1. The molecule has 1 aromatic heterocycles. The lowest BCUT2D eigenvalue weighted by Crippen LogP contribution is -2.05. The number of aryl methyl sites for hydroxylation is 2. The van der Waals surface area contributed by atoms with Gasteiger partial charge in [-0.1, -0.05) is 13.0 Å². The SMILES string of the molecule is CCc1ccc(OC)c(-c2cc(C)nc(CN)n2)c1. The molecule has 1 aromatic carbocycles. The molecule has 100 valence electrons. The molecular weight excluding hydrogens is 238 g/mol. The molecule has 0 radical (unpaired) electrons. The van der Waals surface area contributed by atoms with E-state index in [0.717, 1.165) is 29.1 Å². The largest absolute Gasteiger partial charge is 0.496 e. The van der Waals surface area contributed by atoms with E-state index in [2.05, 4.69) is 29.0 Å². The molecule has 4 heteroatoms. The predicted octanol–water partition coefficient (Wildman–Crippen LogP) is 2.48. The van der Waals surface area contributed by atoms with Gasteiger partial charge in [0.25, 0.3) is 0 Å². The van der Waals surface area contributed by atoms with Crippen molar-refractivity contribution in [2.75, 3.05) is 7.11 Å². The second-order valence-corrected chi connectivity index (χ2v) is 4.40. The van der Waals surface area contributed by atoms with Crippen molar-refractivity contribution in [2.24, 2.45) is 5.73 Å². The smallest absolute Gasteiger partial charge is 0.142 e. The fourth-order valence-electron chi connectivity index (χ4n) is 2.03. The molecule has 0 aliphatic carbocycles. The molecule has 0 amide bonds. The van der Waals surface area contributed by atoms with Crippen LogP contribution in [-0.4, -0.2) is 17.1 Å². The monoisotopic (exact) mass is 257 g/mol. The van der Waals surface area contributed by atoms with Crippen LogP contribution in [0.4, 0.5) is 0 Å². The van der Waals surface area contributed by atoms with Crippen LogP contribution in [0.25, 0.3) is 11.3 Å². The molecule has 0 saturated heterocycles. The van der Waals surface area contributed by atoms with Crippen molar-refractivity contribution in [3.05, 3.63) is 41.3 Å². The van der Waals surface area contributed by atoms with Crippen LogP contribution in [0.2, 0.25) is 0 Å². The van der Waals surface area contributed by atoms with Crippen LogP contribution in [0.3, 0.4) is 0 Å². The molecule has 0 fully saturated rings. The minimum atomic E-state index is 0.338. The molecule has 0 spiro atoms. The zero-order valence-corrected chi connectivity index (χ0v) is 11.6. The summed E-state index contributed by atoms with van der Waals surface area (Å²) in [5, 5.41) is 0. The Balaban J connectivity index is 2.59. The van der Waals surface area contributed by atoms with E-state index in [1.807, 2.05) is 19.1 Å². The highest BCUT2D eigenvalue weighted by Crippen LogP contribution is 2.30. The van der Waals surface area contributed by atoms with Crippen LogP contribution in [0.1, 0.15) is 24.0 Å². The van der Waals surface area contributed by atoms with Gasteiger partial charge in [0.15, 0.2) is 0 Å². The summed E-state index contributed by atoms with van der Waals surface area (Å²) in [5.41, 5.74) is 9.65. The minimum absolute atomic E-state index is 0.338. The highest BCUT2D eigenvalue weighted by atomic mass is 16.5. The molecule has 0 atom stereocenters. The molecule has 0 saturated carbocycles. The summed E-state index contributed by atoms with van der Waals surface area (Å²) in [7, 11) is 1.67. The number of ether oxygens (including phenoxy) is 1. The van der Waals surface area contributed by atoms with Crippen LogP contribution in [0.15, 0.2) is 24.3 Å². The highest BCUT2D eigenvalue weighted by Gasteiger charge is 2.10. The van der Waals surface area contributed by atoms with Crippen molar-refractivity contribution >= 4 is 0 Å². The summed E-state index contributed by atoms with van der Waals surface area (Å²) < 4.78 is 5.42. The van der Waals surface area contributed by atoms with Crippen molar-refractivity contribution < 1.29 is 4.74 Å².